The van der Waals surface area contributed by atoms with Gasteiger partial charge in [0.1, 0.15) is 0 Å². The van der Waals surface area contributed by atoms with Crippen molar-refractivity contribution in [2.45, 2.75) is 25.4 Å². The molecule has 0 aromatic heterocycles. The minimum absolute atomic E-state index is 0.0157. The summed E-state index contributed by atoms with van der Waals surface area (Å²) in [5, 5.41) is 9.59. The molecule has 1 heterocycles. The molecule has 0 spiro atoms. The van der Waals surface area contributed by atoms with Gasteiger partial charge < -0.3 is 14.6 Å². The Kier molecular flexibility index (Phi) is 3.57. The number of hydrogen-bond donors (Lipinski definition) is 1. The van der Waals surface area contributed by atoms with E-state index >= 15 is 0 Å². The minimum atomic E-state index is -0.917. The smallest absolute Gasteiger partial charge is 0.223 e. The Hall–Kier alpha value is -1.68. The van der Waals surface area contributed by atoms with Gasteiger partial charge in [-0.25, -0.2) is 0 Å². The van der Waals surface area contributed by atoms with E-state index in [1.54, 1.807) is 0 Å². The molecule has 2 aromatic carbocycles. The quantitative estimate of drug-likeness (QED) is 0.932. The van der Waals surface area contributed by atoms with Gasteiger partial charge in [-0.05, 0) is 12.5 Å². The van der Waals surface area contributed by atoms with E-state index < -0.39 is 5.79 Å². The van der Waals surface area contributed by atoms with Crippen molar-refractivity contribution in [2.24, 2.45) is 0 Å². The molecule has 3 rings (SSSR count). The molecule has 2 unspecified atom stereocenters. The predicted molar refractivity (Wildman–Crippen MR) is 76.1 cm³/mol. The lowest BCUT2D eigenvalue weighted by atomic mass is 9.93. The van der Waals surface area contributed by atoms with Crippen LogP contribution in [0.25, 0.3) is 0 Å². The topological polar surface area (TPSA) is 38.7 Å². The standard InChI is InChI=1S/C17H18O3/c1-13-12-19-17(20-13,15-8-3-2-4-9-15)16-10-6-5-7-14(16)11-18/h2-10,13,18H,11-12H2,1H3. The van der Waals surface area contributed by atoms with Crippen molar-refractivity contribution in [3.8, 4) is 0 Å². The largest absolute Gasteiger partial charge is 0.392 e. The highest BCUT2D eigenvalue weighted by Crippen LogP contribution is 2.41. The fourth-order valence-electron chi connectivity index (χ4n) is 2.67. The van der Waals surface area contributed by atoms with E-state index in [1.165, 1.54) is 0 Å². The SMILES string of the molecule is CC1COC(c2ccccc2)(c2ccccc2CO)O1. The maximum atomic E-state index is 9.59. The molecule has 1 saturated heterocycles. The average Bonchev–Trinajstić information content (AvgIpc) is 2.91. The molecule has 1 N–H and O–H groups in total. The number of ether oxygens (including phenoxy) is 2. The van der Waals surface area contributed by atoms with Crippen LogP contribution in [0.3, 0.4) is 0 Å². The van der Waals surface area contributed by atoms with Gasteiger partial charge in [-0.2, -0.15) is 0 Å². The molecule has 2 aromatic rings. The molecule has 0 amide bonds. The van der Waals surface area contributed by atoms with Crippen LogP contribution in [0.15, 0.2) is 54.6 Å². The monoisotopic (exact) mass is 270 g/mol. The van der Waals surface area contributed by atoms with Crippen LogP contribution in [0.1, 0.15) is 23.6 Å². The second-order valence-electron chi connectivity index (χ2n) is 5.04. The number of benzene rings is 2. The van der Waals surface area contributed by atoms with Crippen LogP contribution in [0.2, 0.25) is 0 Å². The average molecular weight is 270 g/mol. The van der Waals surface area contributed by atoms with E-state index in [2.05, 4.69) is 0 Å². The first-order chi connectivity index (χ1) is 9.76. The molecule has 20 heavy (non-hydrogen) atoms. The van der Waals surface area contributed by atoms with Crippen LogP contribution in [0.4, 0.5) is 0 Å². The van der Waals surface area contributed by atoms with E-state index in [1.807, 2.05) is 61.5 Å². The first kappa shape index (κ1) is 13.3. The molecule has 3 heteroatoms. The van der Waals surface area contributed by atoms with Crippen LogP contribution < -0.4 is 0 Å². The summed E-state index contributed by atoms with van der Waals surface area (Å²) in [6.07, 6.45) is 0.0157. The Morgan fingerprint density at radius 2 is 1.80 bits per heavy atom. The van der Waals surface area contributed by atoms with Crippen LogP contribution >= 0.6 is 0 Å². The van der Waals surface area contributed by atoms with Gasteiger partial charge in [0.05, 0.1) is 19.3 Å². The Morgan fingerprint density at radius 1 is 1.10 bits per heavy atom. The highest BCUT2D eigenvalue weighted by atomic mass is 16.7. The van der Waals surface area contributed by atoms with Crippen LogP contribution in [-0.4, -0.2) is 17.8 Å². The zero-order valence-corrected chi connectivity index (χ0v) is 11.5. The normalized spacial score (nSPS) is 25.8. The van der Waals surface area contributed by atoms with Crippen molar-refractivity contribution in [1.82, 2.24) is 0 Å². The van der Waals surface area contributed by atoms with Crippen molar-refractivity contribution in [2.75, 3.05) is 6.61 Å². The first-order valence-electron chi connectivity index (χ1n) is 6.83. The first-order valence-corrected chi connectivity index (χ1v) is 6.83. The molecule has 0 radical (unpaired) electrons. The van der Waals surface area contributed by atoms with Gasteiger partial charge >= 0.3 is 0 Å². The fraction of sp³-hybridized carbons (Fsp3) is 0.294. The Balaban J connectivity index is 2.17. The fourth-order valence-corrected chi connectivity index (χ4v) is 2.67. The summed E-state index contributed by atoms with van der Waals surface area (Å²) >= 11 is 0. The molecule has 0 saturated carbocycles. The van der Waals surface area contributed by atoms with Crippen molar-refractivity contribution in [3.63, 3.8) is 0 Å². The molecular weight excluding hydrogens is 252 g/mol. The molecule has 2 atom stereocenters. The molecule has 1 aliphatic rings. The third kappa shape index (κ3) is 2.14. The maximum absolute atomic E-state index is 9.59. The zero-order chi connectivity index (χ0) is 14.0. The van der Waals surface area contributed by atoms with Crippen LogP contribution in [0.5, 0.6) is 0 Å². The van der Waals surface area contributed by atoms with Gasteiger partial charge in [-0.1, -0.05) is 54.6 Å². The second kappa shape index (κ2) is 5.37. The summed E-state index contributed by atoms with van der Waals surface area (Å²) in [5.41, 5.74) is 2.65. The molecule has 3 nitrogen and oxygen atoms in total. The summed E-state index contributed by atoms with van der Waals surface area (Å²) in [5.74, 6) is -0.917. The number of aliphatic hydroxyl groups is 1. The van der Waals surface area contributed by atoms with Crippen molar-refractivity contribution in [1.29, 1.82) is 0 Å². The minimum Gasteiger partial charge on any atom is -0.392 e. The van der Waals surface area contributed by atoms with E-state index in [0.29, 0.717) is 6.61 Å². The summed E-state index contributed by atoms with van der Waals surface area (Å²) in [7, 11) is 0. The number of hydrogen-bond acceptors (Lipinski definition) is 3. The van der Waals surface area contributed by atoms with Crippen LogP contribution in [0, 0.1) is 0 Å². The summed E-state index contributed by atoms with van der Waals surface area (Å²) in [6, 6.07) is 17.6. The molecule has 0 aliphatic carbocycles. The number of aliphatic hydroxyl groups excluding tert-OH is 1. The van der Waals surface area contributed by atoms with Gasteiger partial charge in [0.2, 0.25) is 5.79 Å². The molecule has 104 valence electrons. The lowest BCUT2D eigenvalue weighted by Gasteiger charge is -2.30. The van der Waals surface area contributed by atoms with Crippen molar-refractivity contribution in [3.05, 3.63) is 71.3 Å². The Morgan fingerprint density at radius 3 is 2.45 bits per heavy atom. The highest BCUT2D eigenvalue weighted by Gasteiger charge is 2.44. The maximum Gasteiger partial charge on any atom is 0.223 e. The Bertz CT molecular complexity index is 582. The molecule has 0 bridgehead atoms. The lowest BCUT2D eigenvalue weighted by Crippen LogP contribution is -2.30. The molecular formula is C17H18O3. The summed E-state index contributed by atoms with van der Waals surface area (Å²) in [4.78, 5) is 0. The van der Waals surface area contributed by atoms with Gasteiger partial charge in [0.15, 0.2) is 0 Å². The van der Waals surface area contributed by atoms with Crippen LogP contribution in [-0.2, 0) is 21.9 Å². The third-order valence-electron chi connectivity index (χ3n) is 3.58. The Labute approximate surface area is 118 Å². The van der Waals surface area contributed by atoms with E-state index in [0.717, 1.165) is 16.7 Å². The highest BCUT2D eigenvalue weighted by molar-refractivity contribution is 5.39. The lowest BCUT2D eigenvalue weighted by molar-refractivity contribution is -0.141. The van der Waals surface area contributed by atoms with Crippen molar-refractivity contribution >= 4 is 0 Å². The van der Waals surface area contributed by atoms with Crippen molar-refractivity contribution < 1.29 is 14.6 Å². The molecule has 1 fully saturated rings. The summed E-state index contributed by atoms with van der Waals surface area (Å²) in [6.45, 7) is 2.49. The molecule has 1 aliphatic heterocycles. The van der Waals surface area contributed by atoms with E-state index in [4.69, 9.17) is 9.47 Å². The number of rotatable bonds is 3. The third-order valence-corrected chi connectivity index (χ3v) is 3.58. The second-order valence-corrected chi connectivity index (χ2v) is 5.04. The van der Waals surface area contributed by atoms with E-state index in [-0.39, 0.29) is 12.7 Å². The van der Waals surface area contributed by atoms with Gasteiger partial charge in [0.25, 0.3) is 0 Å². The predicted octanol–water partition coefficient (Wildman–Crippen LogP) is 2.82. The van der Waals surface area contributed by atoms with Gasteiger partial charge in [-0.15, -0.1) is 0 Å². The van der Waals surface area contributed by atoms with E-state index in [9.17, 15) is 5.11 Å². The zero-order valence-electron chi connectivity index (χ0n) is 11.5. The summed E-state index contributed by atoms with van der Waals surface area (Å²) < 4.78 is 12.2. The van der Waals surface area contributed by atoms with Gasteiger partial charge in [-0.3, -0.25) is 0 Å². The van der Waals surface area contributed by atoms with Gasteiger partial charge in [0, 0.05) is 11.1 Å².